The molecule has 0 aliphatic heterocycles. The molecule has 0 aliphatic carbocycles. The third-order valence-corrected chi connectivity index (χ3v) is 3.43. The second-order valence-corrected chi connectivity index (χ2v) is 5.58. The lowest BCUT2D eigenvalue weighted by Crippen LogP contribution is -2.38. The van der Waals surface area contributed by atoms with Gasteiger partial charge in [-0.05, 0) is 17.7 Å². The number of carbonyl (C=O) groups excluding carboxylic acids is 1. The SMILES string of the molecule is O=C(Oc1c(F)c(F)c(F)c(F)c1F)OC(COCc1ccc(O)cc1)C(F)(F)F. The van der Waals surface area contributed by atoms with Gasteiger partial charge in [-0.25, -0.2) is 18.0 Å². The Morgan fingerprint density at radius 2 is 1.40 bits per heavy atom. The highest BCUT2D eigenvalue weighted by atomic mass is 19.4. The fourth-order valence-electron chi connectivity index (χ4n) is 1.97. The topological polar surface area (TPSA) is 65.0 Å². The van der Waals surface area contributed by atoms with E-state index in [0.717, 1.165) is 0 Å². The monoisotopic (exact) mass is 446 g/mol. The third kappa shape index (κ3) is 5.49. The van der Waals surface area contributed by atoms with E-state index in [0.29, 0.717) is 5.56 Å². The number of alkyl halides is 3. The van der Waals surface area contributed by atoms with Crippen molar-refractivity contribution in [2.45, 2.75) is 18.9 Å². The zero-order valence-corrected chi connectivity index (χ0v) is 14.4. The van der Waals surface area contributed by atoms with Crippen LogP contribution in [0.2, 0.25) is 0 Å². The van der Waals surface area contributed by atoms with E-state index in [2.05, 4.69) is 9.47 Å². The normalized spacial score (nSPS) is 12.5. The van der Waals surface area contributed by atoms with E-state index < -0.39 is 66.5 Å². The molecular formula is C17H10F8O5. The van der Waals surface area contributed by atoms with Gasteiger partial charge in [0, 0.05) is 0 Å². The number of phenolic OH excluding ortho intramolecular Hbond substituents is 1. The van der Waals surface area contributed by atoms with Crippen LogP contribution in [0.4, 0.5) is 39.9 Å². The molecular weight excluding hydrogens is 436 g/mol. The smallest absolute Gasteiger partial charge is 0.508 e. The Balaban J connectivity index is 2.06. The number of carbonyl (C=O) groups is 1. The Morgan fingerprint density at radius 1 is 0.900 bits per heavy atom. The van der Waals surface area contributed by atoms with Crippen LogP contribution in [0.5, 0.6) is 11.5 Å². The van der Waals surface area contributed by atoms with Crippen molar-refractivity contribution in [2.24, 2.45) is 0 Å². The highest BCUT2D eigenvalue weighted by Gasteiger charge is 2.44. The lowest BCUT2D eigenvalue weighted by atomic mass is 10.2. The van der Waals surface area contributed by atoms with Crippen LogP contribution >= 0.6 is 0 Å². The molecule has 0 amide bonds. The standard InChI is InChI=1S/C17H10F8O5/c18-10-11(19)13(21)15(14(22)12(10)20)30-16(27)29-9(17(23,24)25)6-28-5-7-1-3-8(26)4-2-7/h1-4,9,26H,5-6H2. The molecule has 0 aliphatic rings. The van der Waals surface area contributed by atoms with Crippen LogP contribution < -0.4 is 4.74 Å². The molecule has 164 valence electrons. The molecule has 30 heavy (non-hydrogen) atoms. The maximum Gasteiger partial charge on any atom is 0.514 e. The van der Waals surface area contributed by atoms with Crippen molar-refractivity contribution >= 4 is 6.16 Å². The molecule has 13 heteroatoms. The Morgan fingerprint density at radius 3 is 1.90 bits per heavy atom. The van der Waals surface area contributed by atoms with Crippen LogP contribution in [0.1, 0.15) is 5.56 Å². The van der Waals surface area contributed by atoms with Crippen molar-refractivity contribution in [3.63, 3.8) is 0 Å². The quantitative estimate of drug-likeness (QED) is 0.228. The zero-order valence-electron chi connectivity index (χ0n) is 14.4. The first-order valence-corrected chi connectivity index (χ1v) is 7.74. The Hall–Kier alpha value is -3.09. The van der Waals surface area contributed by atoms with E-state index >= 15 is 0 Å². The van der Waals surface area contributed by atoms with E-state index in [1.165, 1.54) is 24.3 Å². The summed E-state index contributed by atoms with van der Waals surface area (Å²) in [6, 6.07) is 5.13. The molecule has 5 nitrogen and oxygen atoms in total. The lowest BCUT2D eigenvalue weighted by molar-refractivity contribution is -0.221. The maximum absolute atomic E-state index is 13.4. The second kappa shape index (κ2) is 9.15. The summed E-state index contributed by atoms with van der Waals surface area (Å²) >= 11 is 0. The molecule has 0 heterocycles. The summed E-state index contributed by atoms with van der Waals surface area (Å²) in [5.74, 6) is -14.9. The molecule has 0 saturated carbocycles. The Kier molecular flexibility index (Phi) is 7.08. The molecule has 0 saturated heterocycles. The predicted molar refractivity (Wildman–Crippen MR) is 80.9 cm³/mol. The van der Waals surface area contributed by atoms with Gasteiger partial charge >= 0.3 is 12.3 Å². The lowest BCUT2D eigenvalue weighted by Gasteiger charge is -2.20. The van der Waals surface area contributed by atoms with Crippen molar-refractivity contribution in [3.8, 4) is 11.5 Å². The number of hydrogen-bond donors (Lipinski definition) is 1. The highest BCUT2D eigenvalue weighted by Crippen LogP contribution is 2.30. The minimum atomic E-state index is -5.22. The number of halogens is 8. The molecule has 2 aromatic rings. The molecule has 1 atom stereocenters. The fourth-order valence-corrected chi connectivity index (χ4v) is 1.97. The number of benzene rings is 2. The third-order valence-electron chi connectivity index (χ3n) is 3.43. The molecule has 1 unspecified atom stereocenters. The Bertz CT molecular complexity index is 885. The maximum atomic E-state index is 13.4. The summed E-state index contributed by atoms with van der Waals surface area (Å²) in [6.45, 7) is -1.68. The summed E-state index contributed by atoms with van der Waals surface area (Å²) in [7, 11) is 0. The number of rotatable bonds is 6. The van der Waals surface area contributed by atoms with Gasteiger partial charge in [-0.15, -0.1) is 0 Å². The van der Waals surface area contributed by atoms with Crippen LogP contribution in [0.25, 0.3) is 0 Å². The van der Waals surface area contributed by atoms with E-state index in [1.54, 1.807) is 0 Å². The summed E-state index contributed by atoms with van der Waals surface area (Å²) in [5, 5.41) is 9.10. The van der Waals surface area contributed by atoms with Gasteiger partial charge in [-0.3, -0.25) is 0 Å². The molecule has 0 radical (unpaired) electrons. The van der Waals surface area contributed by atoms with Gasteiger partial charge in [0.2, 0.25) is 40.9 Å². The van der Waals surface area contributed by atoms with Gasteiger partial charge < -0.3 is 19.3 Å². The molecule has 2 rings (SSSR count). The Labute approximate surface area is 162 Å². The van der Waals surface area contributed by atoms with Gasteiger partial charge in [0.1, 0.15) is 5.75 Å². The van der Waals surface area contributed by atoms with Gasteiger partial charge in [-0.2, -0.15) is 22.0 Å². The van der Waals surface area contributed by atoms with Crippen molar-refractivity contribution < 1.29 is 59.2 Å². The van der Waals surface area contributed by atoms with Gasteiger partial charge in [0.25, 0.3) is 0 Å². The summed E-state index contributed by atoms with van der Waals surface area (Å²) in [5.41, 5.74) is 0.345. The average molecular weight is 446 g/mol. The molecule has 1 N–H and O–H groups in total. The average Bonchev–Trinajstić information content (AvgIpc) is 2.68. The van der Waals surface area contributed by atoms with Crippen LogP contribution in [0.3, 0.4) is 0 Å². The minimum Gasteiger partial charge on any atom is -0.508 e. The first-order chi connectivity index (χ1) is 13.9. The van der Waals surface area contributed by atoms with E-state index in [4.69, 9.17) is 9.84 Å². The molecule has 0 bridgehead atoms. The number of phenols is 1. The first kappa shape index (κ1) is 23.2. The number of ether oxygens (including phenoxy) is 3. The predicted octanol–water partition coefficient (Wildman–Crippen LogP) is 4.75. The van der Waals surface area contributed by atoms with Crippen molar-refractivity contribution in [2.75, 3.05) is 6.61 Å². The van der Waals surface area contributed by atoms with E-state index in [1.807, 2.05) is 0 Å². The largest absolute Gasteiger partial charge is 0.514 e. The zero-order chi connectivity index (χ0) is 22.6. The van der Waals surface area contributed by atoms with E-state index in [-0.39, 0.29) is 5.75 Å². The molecule has 2 aromatic carbocycles. The van der Waals surface area contributed by atoms with Crippen molar-refractivity contribution in [1.82, 2.24) is 0 Å². The number of hydrogen-bond acceptors (Lipinski definition) is 5. The fraction of sp³-hybridized carbons (Fsp3) is 0.235. The second-order valence-electron chi connectivity index (χ2n) is 5.58. The molecule has 0 fully saturated rings. The molecule has 0 aromatic heterocycles. The van der Waals surface area contributed by atoms with Crippen LogP contribution in [0, 0.1) is 29.1 Å². The first-order valence-electron chi connectivity index (χ1n) is 7.74. The minimum absolute atomic E-state index is 0.105. The summed E-state index contributed by atoms with van der Waals surface area (Å²) in [4.78, 5) is 11.5. The van der Waals surface area contributed by atoms with Crippen molar-refractivity contribution in [1.29, 1.82) is 0 Å². The van der Waals surface area contributed by atoms with Gasteiger partial charge in [0.05, 0.1) is 13.2 Å². The van der Waals surface area contributed by atoms with Gasteiger partial charge in [-0.1, -0.05) is 12.1 Å². The van der Waals surface area contributed by atoms with Crippen LogP contribution in [-0.4, -0.2) is 30.1 Å². The number of aromatic hydroxyl groups is 1. The van der Waals surface area contributed by atoms with Crippen LogP contribution in [0.15, 0.2) is 24.3 Å². The van der Waals surface area contributed by atoms with Gasteiger partial charge in [0.15, 0.2) is 0 Å². The van der Waals surface area contributed by atoms with Crippen molar-refractivity contribution in [3.05, 3.63) is 58.9 Å². The molecule has 0 spiro atoms. The van der Waals surface area contributed by atoms with E-state index in [9.17, 15) is 39.9 Å². The summed E-state index contributed by atoms with van der Waals surface area (Å²) < 4.78 is 117. The highest BCUT2D eigenvalue weighted by molar-refractivity contribution is 5.64. The summed E-state index contributed by atoms with van der Waals surface area (Å²) in [6.07, 6.45) is -10.6. The van der Waals surface area contributed by atoms with Crippen LogP contribution in [-0.2, 0) is 16.1 Å².